The van der Waals surface area contributed by atoms with Crippen LogP contribution >= 0.6 is 0 Å². The summed E-state index contributed by atoms with van der Waals surface area (Å²) in [6.07, 6.45) is 1.77. The first-order chi connectivity index (χ1) is 13.4. The minimum Gasteiger partial charge on any atom is -0.376 e. The van der Waals surface area contributed by atoms with Gasteiger partial charge in [0.25, 0.3) is 0 Å². The number of hydrogen-bond donors (Lipinski definition) is 2. The molecular weight excluding hydrogens is 360 g/mol. The summed E-state index contributed by atoms with van der Waals surface area (Å²) in [5.74, 6) is 0.578. The van der Waals surface area contributed by atoms with Gasteiger partial charge in [-0.3, -0.25) is 4.79 Å². The van der Waals surface area contributed by atoms with E-state index in [0.29, 0.717) is 30.4 Å². The fraction of sp³-hybridized carbons (Fsp3) is 0.450. The molecule has 8 nitrogen and oxygen atoms in total. The maximum Gasteiger partial charge on any atom is 0.322 e. The molecule has 0 radical (unpaired) electrons. The van der Waals surface area contributed by atoms with Crippen LogP contribution in [0.1, 0.15) is 29.7 Å². The van der Waals surface area contributed by atoms with E-state index in [-0.39, 0.29) is 24.6 Å². The molecule has 1 aromatic heterocycles. The molecule has 28 heavy (non-hydrogen) atoms. The molecule has 2 heterocycles. The van der Waals surface area contributed by atoms with E-state index in [1.54, 1.807) is 13.0 Å². The Morgan fingerprint density at radius 2 is 2.00 bits per heavy atom. The highest BCUT2D eigenvalue weighted by Gasteiger charge is 2.25. The predicted octanol–water partition coefficient (Wildman–Crippen LogP) is 3.25. The molecule has 2 aromatic rings. The third kappa shape index (κ3) is 5.32. The molecule has 0 bridgehead atoms. The minimum absolute atomic E-state index is 0.0624. The summed E-state index contributed by atoms with van der Waals surface area (Å²) in [7, 11) is 0. The maximum absolute atomic E-state index is 12.8. The normalized spacial score (nSPS) is 16.0. The van der Waals surface area contributed by atoms with Crippen LogP contribution in [0.5, 0.6) is 0 Å². The fourth-order valence-corrected chi connectivity index (χ4v) is 3.06. The molecule has 1 aliphatic heterocycles. The number of urea groups is 1. The largest absolute Gasteiger partial charge is 0.376 e. The van der Waals surface area contributed by atoms with Crippen LogP contribution in [0.25, 0.3) is 0 Å². The Morgan fingerprint density at radius 1 is 1.18 bits per heavy atom. The topological polar surface area (TPSA) is 96.7 Å². The number of amides is 3. The highest BCUT2D eigenvalue weighted by Crippen LogP contribution is 2.17. The van der Waals surface area contributed by atoms with Crippen molar-refractivity contribution < 1.29 is 18.8 Å². The molecule has 3 amide bonds. The third-order valence-corrected chi connectivity index (χ3v) is 4.72. The Hall–Kier alpha value is -2.87. The zero-order valence-corrected chi connectivity index (χ0v) is 16.4. The van der Waals surface area contributed by atoms with Crippen LogP contribution in [-0.2, 0) is 9.53 Å². The first-order valence-corrected chi connectivity index (χ1v) is 9.38. The molecule has 0 spiro atoms. The van der Waals surface area contributed by atoms with E-state index < -0.39 is 0 Å². The first-order valence-electron chi connectivity index (χ1n) is 9.38. The van der Waals surface area contributed by atoms with Crippen molar-refractivity contribution in [3.8, 4) is 0 Å². The van der Waals surface area contributed by atoms with Crippen LogP contribution in [0.3, 0.4) is 0 Å². The molecule has 0 unspecified atom stereocenters. The number of benzene rings is 1. The molecule has 3 rings (SSSR count). The van der Waals surface area contributed by atoms with Gasteiger partial charge in [0.15, 0.2) is 5.82 Å². The molecule has 1 fully saturated rings. The summed E-state index contributed by atoms with van der Waals surface area (Å²) in [6, 6.07) is 7.00. The van der Waals surface area contributed by atoms with Gasteiger partial charge in [-0.15, -0.1) is 0 Å². The van der Waals surface area contributed by atoms with Gasteiger partial charge in [-0.2, -0.15) is 0 Å². The van der Waals surface area contributed by atoms with Crippen LogP contribution in [0.15, 0.2) is 28.8 Å². The van der Waals surface area contributed by atoms with Gasteiger partial charge in [-0.25, -0.2) is 4.79 Å². The molecule has 1 aliphatic rings. The molecule has 1 aromatic carbocycles. The lowest BCUT2D eigenvalue weighted by Gasteiger charge is -2.25. The van der Waals surface area contributed by atoms with Gasteiger partial charge in [0, 0.05) is 24.9 Å². The Bertz CT molecular complexity index is 842. The van der Waals surface area contributed by atoms with Crippen LogP contribution < -0.4 is 10.6 Å². The summed E-state index contributed by atoms with van der Waals surface area (Å²) >= 11 is 0. The summed E-state index contributed by atoms with van der Waals surface area (Å²) in [5.41, 5.74) is 2.93. The standard InChI is InChI=1S/C20H26N4O4/c1-13-6-7-16(9-14(13)2)21-20(26)24(11-17-5-4-8-27-17)12-19(25)22-18-10-15(3)28-23-18/h6-7,9-10,17H,4-5,8,11-12H2,1-3H3,(H,21,26)(H,22,23,25)/t17-/m0/s1. The van der Waals surface area contributed by atoms with Gasteiger partial charge in [0.2, 0.25) is 5.91 Å². The lowest BCUT2D eigenvalue weighted by molar-refractivity contribution is -0.117. The molecule has 1 saturated heterocycles. The lowest BCUT2D eigenvalue weighted by Crippen LogP contribution is -2.44. The van der Waals surface area contributed by atoms with E-state index in [9.17, 15) is 9.59 Å². The van der Waals surface area contributed by atoms with Crippen LogP contribution in [0.4, 0.5) is 16.3 Å². The van der Waals surface area contributed by atoms with Gasteiger partial charge in [-0.05, 0) is 56.9 Å². The summed E-state index contributed by atoms with van der Waals surface area (Å²) in [4.78, 5) is 26.7. The molecule has 1 atom stereocenters. The molecule has 2 N–H and O–H groups in total. The summed E-state index contributed by atoms with van der Waals surface area (Å²) in [5, 5.41) is 9.27. The number of aryl methyl sites for hydroxylation is 3. The number of nitrogens with zero attached hydrogens (tertiary/aromatic N) is 2. The van der Waals surface area contributed by atoms with Gasteiger partial charge >= 0.3 is 6.03 Å². The SMILES string of the molecule is Cc1cc(NC(=O)CN(C[C@@H]2CCCO2)C(=O)Nc2ccc(C)c(C)c2)no1. The highest BCUT2D eigenvalue weighted by molar-refractivity contribution is 5.96. The zero-order chi connectivity index (χ0) is 20.1. The number of anilines is 2. The summed E-state index contributed by atoms with van der Waals surface area (Å²) in [6.45, 7) is 6.67. The predicted molar refractivity (Wildman–Crippen MR) is 105 cm³/mol. The number of carbonyl (C=O) groups is 2. The maximum atomic E-state index is 12.8. The van der Waals surface area contributed by atoms with Gasteiger partial charge in [0.05, 0.1) is 6.10 Å². The average molecular weight is 386 g/mol. The Labute approximate surface area is 164 Å². The minimum atomic E-state index is -0.346. The number of hydrogen-bond acceptors (Lipinski definition) is 5. The van der Waals surface area contributed by atoms with Crippen molar-refractivity contribution in [2.45, 2.75) is 39.7 Å². The second-order valence-electron chi connectivity index (χ2n) is 7.12. The fourth-order valence-electron chi connectivity index (χ4n) is 3.06. The van der Waals surface area contributed by atoms with E-state index >= 15 is 0 Å². The molecular formula is C20H26N4O4. The Kier molecular flexibility index (Phi) is 6.30. The number of carbonyl (C=O) groups excluding carboxylic acids is 2. The van der Waals surface area contributed by atoms with E-state index in [1.807, 2.05) is 32.0 Å². The molecule has 150 valence electrons. The van der Waals surface area contributed by atoms with Gasteiger partial charge in [-0.1, -0.05) is 11.2 Å². The third-order valence-electron chi connectivity index (χ3n) is 4.72. The van der Waals surface area contributed by atoms with Crippen molar-refractivity contribution in [1.29, 1.82) is 0 Å². The van der Waals surface area contributed by atoms with Crippen molar-refractivity contribution in [3.63, 3.8) is 0 Å². The number of nitrogens with one attached hydrogen (secondary N) is 2. The van der Waals surface area contributed by atoms with Crippen molar-refractivity contribution in [2.75, 3.05) is 30.3 Å². The van der Waals surface area contributed by atoms with E-state index in [0.717, 1.165) is 24.0 Å². The Morgan fingerprint density at radius 3 is 2.64 bits per heavy atom. The van der Waals surface area contributed by atoms with Crippen LogP contribution in [0.2, 0.25) is 0 Å². The van der Waals surface area contributed by atoms with Crippen LogP contribution in [-0.4, -0.2) is 47.8 Å². The van der Waals surface area contributed by atoms with Crippen molar-refractivity contribution in [1.82, 2.24) is 10.1 Å². The smallest absolute Gasteiger partial charge is 0.322 e. The quantitative estimate of drug-likeness (QED) is 0.794. The summed E-state index contributed by atoms with van der Waals surface area (Å²) < 4.78 is 10.6. The van der Waals surface area contributed by atoms with Crippen molar-refractivity contribution in [2.24, 2.45) is 0 Å². The number of ether oxygens (including phenoxy) is 1. The Balaban J connectivity index is 1.66. The van der Waals surface area contributed by atoms with Gasteiger partial charge in [0.1, 0.15) is 12.3 Å². The number of aromatic nitrogens is 1. The van der Waals surface area contributed by atoms with E-state index in [4.69, 9.17) is 9.26 Å². The van der Waals surface area contributed by atoms with E-state index in [2.05, 4.69) is 15.8 Å². The lowest BCUT2D eigenvalue weighted by atomic mass is 10.1. The van der Waals surface area contributed by atoms with Crippen molar-refractivity contribution in [3.05, 3.63) is 41.2 Å². The first kappa shape index (κ1) is 19.9. The molecule has 0 aliphatic carbocycles. The van der Waals surface area contributed by atoms with Crippen LogP contribution in [0, 0.1) is 20.8 Å². The van der Waals surface area contributed by atoms with Gasteiger partial charge < -0.3 is 24.8 Å². The highest BCUT2D eigenvalue weighted by atomic mass is 16.5. The second kappa shape index (κ2) is 8.88. The second-order valence-corrected chi connectivity index (χ2v) is 7.12. The monoisotopic (exact) mass is 386 g/mol. The molecule has 0 saturated carbocycles. The van der Waals surface area contributed by atoms with E-state index in [1.165, 1.54) is 4.90 Å². The van der Waals surface area contributed by atoms with Crippen molar-refractivity contribution >= 4 is 23.4 Å². The average Bonchev–Trinajstić information content (AvgIpc) is 3.29. The zero-order valence-electron chi connectivity index (χ0n) is 16.4. The molecule has 8 heteroatoms. The number of rotatable bonds is 6.